The fourth-order valence-corrected chi connectivity index (χ4v) is 4.47. The zero-order chi connectivity index (χ0) is 24.2. The molecular formula is C26H30N2O6. The molecule has 0 saturated heterocycles. The molecule has 0 bridgehead atoms. The van der Waals surface area contributed by atoms with Crippen LogP contribution in [0.3, 0.4) is 0 Å². The molecule has 2 aliphatic carbocycles. The summed E-state index contributed by atoms with van der Waals surface area (Å²) >= 11 is 0. The van der Waals surface area contributed by atoms with Gasteiger partial charge >= 0.3 is 12.1 Å². The molecule has 1 saturated carbocycles. The van der Waals surface area contributed by atoms with Crippen LogP contribution in [0.15, 0.2) is 48.5 Å². The standard InChI is InChI=1S/C26H30N2O6/c1-15(33-2)23(25(30)31)28-24(29)22(13-16-11-12-16)27-26(32)34-14-21-19-9-5-3-7-17(19)18-8-4-6-10-20(18)21/h3-10,15-16,21-23H,11-14H2,1-2H3,(H,27,32)(H,28,29)(H,30,31)/t15-,22+,23+/m1/s1. The maximum atomic E-state index is 12.9. The van der Waals surface area contributed by atoms with Gasteiger partial charge in [0.05, 0.1) is 6.10 Å². The Labute approximate surface area is 198 Å². The molecule has 8 heteroatoms. The third-order valence-electron chi connectivity index (χ3n) is 6.62. The number of aliphatic carboxylic acids is 1. The van der Waals surface area contributed by atoms with Gasteiger partial charge in [-0.15, -0.1) is 0 Å². The second kappa shape index (κ2) is 10.3. The minimum Gasteiger partial charge on any atom is -0.480 e. The number of alkyl carbamates (subject to hydrolysis) is 1. The summed E-state index contributed by atoms with van der Waals surface area (Å²) in [6.45, 7) is 1.70. The van der Waals surface area contributed by atoms with E-state index >= 15 is 0 Å². The number of ether oxygens (including phenoxy) is 2. The van der Waals surface area contributed by atoms with Crippen LogP contribution in [0.5, 0.6) is 0 Å². The number of hydrogen-bond donors (Lipinski definition) is 3. The van der Waals surface area contributed by atoms with Crippen molar-refractivity contribution < 1.29 is 29.0 Å². The van der Waals surface area contributed by atoms with Gasteiger partial charge in [-0.3, -0.25) is 4.79 Å². The first-order valence-electron chi connectivity index (χ1n) is 11.6. The summed E-state index contributed by atoms with van der Waals surface area (Å²) in [5, 5.41) is 14.6. The molecule has 34 heavy (non-hydrogen) atoms. The van der Waals surface area contributed by atoms with E-state index in [2.05, 4.69) is 22.8 Å². The number of rotatable bonds is 10. The van der Waals surface area contributed by atoms with Gasteiger partial charge in [-0.2, -0.15) is 0 Å². The van der Waals surface area contributed by atoms with Crippen LogP contribution in [-0.4, -0.2) is 55.0 Å². The predicted molar refractivity (Wildman–Crippen MR) is 125 cm³/mol. The average molecular weight is 467 g/mol. The largest absolute Gasteiger partial charge is 0.480 e. The highest BCUT2D eigenvalue weighted by Gasteiger charge is 2.35. The summed E-state index contributed by atoms with van der Waals surface area (Å²) in [5.74, 6) is -1.52. The number of benzene rings is 2. The van der Waals surface area contributed by atoms with E-state index in [1.807, 2.05) is 36.4 Å². The summed E-state index contributed by atoms with van der Waals surface area (Å²) in [7, 11) is 1.38. The lowest BCUT2D eigenvalue weighted by atomic mass is 9.98. The fourth-order valence-electron chi connectivity index (χ4n) is 4.47. The molecule has 2 amide bonds. The quantitative estimate of drug-likeness (QED) is 0.495. The molecule has 0 unspecified atom stereocenters. The molecule has 0 radical (unpaired) electrons. The van der Waals surface area contributed by atoms with Gasteiger partial charge < -0.3 is 25.2 Å². The Kier molecular flexibility index (Phi) is 7.17. The van der Waals surface area contributed by atoms with Crippen LogP contribution >= 0.6 is 0 Å². The second-order valence-electron chi connectivity index (χ2n) is 8.97. The molecule has 0 aromatic heterocycles. The summed E-state index contributed by atoms with van der Waals surface area (Å²) in [4.78, 5) is 37.1. The van der Waals surface area contributed by atoms with Crippen LogP contribution in [-0.2, 0) is 19.1 Å². The lowest BCUT2D eigenvalue weighted by molar-refractivity contribution is -0.145. The van der Waals surface area contributed by atoms with E-state index < -0.39 is 36.2 Å². The van der Waals surface area contributed by atoms with E-state index in [1.165, 1.54) is 7.11 Å². The number of carboxylic acid groups (broad SMARTS) is 1. The molecular weight excluding hydrogens is 436 g/mol. The first kappa shape index (κ1) is 23.8. The van der Waals surface area contributed by atoms with Crippen LogP contribution in [0.25, 0.3) is 11.1 Å². The normalized spacial score (nSPS) is 17.1. The molecule has 4 rings (SSSR count). The van der Waals surface area contributed by atoms with E-state index in [0.29, 0.717) is 12.3 Å². The van der Waals surface area contributed by atoms with E-state index in [1.54, 1.807) is 6.92 Å². The van der Waals surface area contributed by atoms with Crippen molar-refractivity contribution in [2.75, 3.05) is 13.7 Å². The lowest BCUT2D eigenvalue weighted by Gasteiger charge is -2.24. The molecule has 0 heterocycles. The van der Waals surface area contributed by atoms with Crippen molar-refractivity contribution in [3.8, 4) is 11.1 Å². The van der Waals surface area contributed by atoms with Gasteiger partial charge in [0.1, 0.15) is 12.6 Å². The Balaban J connectivity index is 1.41. The highest BCUT2D eigenvalue weighted by atomic mass is 16.5. The molecule has 1 fully saturated rings. The van der Waals surface area contributed by atoms with Gasteiger partial charge in [0.15, 0.2) is 6.04 Å². The molecule has 0 spiro atoms. The monoisotopic (exact) mass is 466 g/mol. The highest BCUT2D eigenvalue weighted by Crippen LogP contribution is 2.44. The summed E-state index contributed by atoms with van der Waals surface area (Å²) < 4.78 is 10.6. The van der Waals surface area contributed by atoms with Crippen LogP contribution in [0, 0.1) is 5.92 Å². The lowest BCUT2D eigenvalue weighted by Crippen LogP contribution is -2.55. The topological polar surface area (TPSA) is 114 Å². The third-order valence-corrected chi connectivity index (χ3v) is 6.62. The molecule has 3 atom stereocenters. The Bertz CT molecular complexity index is 1020. The third kappa shape index (κ3) is 5.22. The zero-order valence-corrected chi connectivity index (χ0v) is 19.3. The smallest absolute Gasteiger partial charge is 0.407 e. The van der Waals surface area contributed by atoms with Crippen LogP contribution in [0.2, 0.25) is 0 Å². The van der Waals surface area contributed by atoms with Crippen LogP contribution < -0.4 is 10.6 Å². The fraction of sp³-hybridized carbons (Fsp3) is 0.423. The number of methoxy groups -OCH3 is 1. The summed E-state index contributed by atoms with van der Waals surface area (Å²) in [5.41, 5.74) is 4.46. The molecule has 2 aliphatic rings. The molecule has 2 aromatic rings. The van der Waals surface area contributed by atoms with Crippen molar-refractivity contribution in [1.29, 1.82) is 0 Å². The Morgan fingerprint density at radius 2 is 1.59 bits per heavy atom. The maximum Gasteiger partial charge on any atom is 0.407 e. The number of carbonyl (C=O) groups is 3. The maximum absolute atomic E-state index is 12.9. The van der Waals surface area contributed by atoms with Gasteiger partial charge in [0.25, 0.3) is 0 Å². The van der Waals surface area contributed by atoms with E-state index in [-0.39, 0.29) is 12.5 Å². The van der Waals surface area contributed by atoms with Crippen molar-refractivity contribution in [2.24, 2.45) is 5.92 Å². The first-order chi connectivity index (χ1) is 16.4. The number of carbonyl (C=O) groups excluding carboxylic acids is 2. The Morgan fingerprint density at radius 3 is 2.12 bits per heavy atom. The Hall–Kier alpha value is -3.39. The zero-order valence-electron chi connectivity index (χ0n) is 19.3. The number of carboxylic acids is 1. The van der Waals surface area contributed by atoms with Crippen molar-refractivity contribution in [3.63, 3.8) is 0 Å². The number of hydrogen-bond acceptors (Lipinski definition) is 5. The van der Waals surface area contributed by atoms with Gasteiger partial charge in [0.2, 0.25) is 5.91 Å². The number of nitrogens with one attached hydrogen (secondary N) is 2. The Morgan fingerprint density at radius 1 is 1.00 bits per heavy atom. The predicted octanol–water partition coefficient (Wildman–Crippen LogP) is 3.30. The molecule has 8 nitrogen and oxygen atoms in total. The van der Waals surface area contributed by atoms with Gasteiger partial charge in [-0.05, 0) is 41.5 Å². The van der Waals surface area contributed by atoms with Crippen LogP contribution in [0.1, 0.15) is 43.2 Å². The van der Waals surface area contributed by atoms with Crippen molar-refractivity contribution >= 4 is 18.0 Å². The molecule has 3 N–H and O–H groups in total. The van der Waals surface area contributed by atoms with Gasteiger partial charge in [-0.1, -0.05) is 61.4 Å². The first-order valence-corrected chi connectivity index (χ1v) is 11.6. The minimum absolute atomic E-state index is 0.0900. The van der Waals surface area contributed by atoms with Crippen molar-refractivity contribution in [2.45, 2.75) is 50.3 Å². The summed E-state index contributed by atoms with van der Waals surface area (Å²) in [6, 6.07) is 14.0. The SMILES string of the molecule is CO[C@H](C)[C@H](NC(=O)[C@H](CC1CC1)NC(=O)OCC1c2ccccc2-c2ccccc21)C(=O)O. The van der Waals surface area contributed by atoms with Gasteiger partial charge in [0, 0.05) is 13.0 Å². The highest BCUT2D eigenvalue weighted by molar-refractivity contribution is 5.89. The number of fused-ring (bicyclic) bond motifs is 3. The van der Waals surface area contributed by atoms with E-state index in [0.717, 1.165) is 35.1 Å². The summed E-state index contributed by atoms with van der Waals surface area (Å²) in [6.07, 6.45) is 0.968. The molecule has 0 aliphatic heterocycles. The van der Waals surface area contributed by atoms with Crippen LogP contribution in [0.4, 0.5) is 4.79 Å². The van der Waals surface area contributed by atoms with Gasteiger partial charge in [-0.25, -0.2) is 9.59 Å². The molecule has 2 aromatic carbocycles. The molecule has 180 valence electrons. The van der Waals surface area contributed by atoms with E-state index in [9.17, 15) is 19.5 Å². The van der Waals surface area contributed by atoms with E-state index in [4.69, 9.17) is 9.47 Å². The van der Waals surface area contributed by atoms with Crippen molar-refractivity contribution in [3.05, 3.63) is 59.7 Å². The average Bonchev–Trinajstić information content (AvgIpc) is 3.60. The van der Waals surface area contributed by atoms with Crippen molar-refractivity contribution in [1.82, 2.24) is 10.6 Å². The number of amides is 2. The minimum atomic E-state index is -1.22. The second-order valence-corrected chi connectivity index (χ2v) is 8.97.